The highest BCUT2D eigenvalue weighted by Crippen LogP contribution is 2.19. The summed E-state index contributed by atoms with van der Waals surface area (Å²) in [6.07, 6.45) is 1.39. The first-order valence-corrected chi connectivity index (χ1v) is 8.13. The average Bonchev–Trinajstić information content (AvgIpc) is 2.62. The Morgan fingerprint density at radius 3 is 2.48 bits per heavy atom. The summed E-state index contributed by atoms with van der Waals surface area (Å²) in [5.41, 5.74) is -0.822. The molecule has 138 valence electrons. The number of rotatable bonds is 4. The second-order valence-electron chi connectivity index (χ2n) is 5.64. The van der Waals surface area contributed by atoms with E-state index < -0.39 is 28.9 Å². The SMILES string of the molecule is O=C(Nc1ccc(F)c(F)c1)c1cccn(Cc2c(F)cccc2Cl)c1=O. The van der Waals surface area contributed by atoms with Crippen molar-refractivity contribution in [2.45, 2.75) is 6.54 Å². The van der Waals surface area contributed by atoms with E-state index in [4.69, 9.17) is 11.6 Å². The summed E-state index contributed by atoms with van der Waals surface area (Å²) < 4.78 is 41.3. The third-order valence-electron chi connectivity index (χ3n) is 3.83. The van der Waals surface area contributed by atoms with Crippen LogP contribution in [0.15, 0.2) is 59.5 Å². The highest BCUT2D eigenvalue weighted by molar-refractivity contribution is 6.31. The van der Waals surface area contributed by atoms with Crippen LogP contribution in [-0.2, 0) is 6.54 Å². The molecule has 4 nitrogen and oxygen atoms in total. The maximum atomic E-state index is 13.9. The van der Waals surface area contributed by atoms with Crippen LogP contribution in [-0.4, -0.2) is 10.5 Å². The Morgan fingerprint density at radius 2 is 1.78 bits per heavy atom. The monoisotopic (exact) mass is 392 g/mol. The van der Waals surface area contributed by atoms with E-state index in [0.717, 1.165) is 22.8 Å². The highest BCUT2D eigenvalue weighted by atomic mass is 35.5. The van der Waals surface area contributed by atoms with Crippen LogP contribution >= 0.6 is 11.6 Å². The molecular weight excluding hydrogens is 381 g/mol. The van der Waals surface area contributed by atoms with Gasteiger partial charge in [0.2, 0.25) is 0 Å². The van der Waals surface area contributed by atoms with Gasteiger partial charge in [-0.3, -0.25) is 9.59 Å². The summed E-state index contributed by atoms with van der Waals surface area (Å²) >= 11 is 5.97. The van der Waals surface area contributed by atoms with Gasteiger partial charge in [0.1, 0.15) is 11.4 Å². The van der Waals surface area contributed by atoms with Crippen molar-refractivity contribution in [3.8, 4) is 0 Å². The number of hydrogen-bond donors (Lipinski definition) is 1. The number of carbonyl (C=O) groups excluding carboxylic acids is 1. The minimum Gasteiger partial charge on any atom is -0.322 e. The molecule has 0 radical (unpaired) electrons. The Labute approximate surface area is 156 Å². The molecule has 0 saturated carbocycles. The molecule has 27 heavy (non-hydrogen) atoms. The molecule has 1 heterocycles. The Morgan fingerprint density at radius 1 is 1.00 bits per heavy atom. The smallest absolute Gasteiger partial charge is 0.263 e. The topological polar surface area (TPSA) is 51.1 Å². The molecule has 1 amide bonds. The average molecular weight is 393 g/mol. The van der Waals surface area contributed by atoms with E-state index in [9.17, 15) is 22.8 Å². The van der Waals surface area contributed by atoms with Crippen molar-refractivity contribution in [2.24, 2.45) is 0 Å². The quantitative estimate of drug-likeness (QED) is 0.722. The molecule has 3 aromatic rings. The van der Waals surface area contributed by atoms with Crippen LogP contribution in [0.2, 0.25) is 5.02 Å². The van der Waals surface area contributed by atoms with E-state index in [-0.39, 0.29) is 28.4 Å². The molecule has 2 aromatic carbocycles. The Hall–Kier alpha value is -3.06. The van der Waals surface area contributed by atoms with E-state index in [1.165, 1.54) is 36.5 Å². The van der Waals surface area contributed by atoms with Gasteiger partial charge in [-0.2, -0.15) is 0 Å². The van der Waals surface area contributed by atoms with Crippen molar-refractivity contribution >= 4 is 23.2 Å². The molecule has 0 aliphatic heterocycles. The molecule has 0 bridgehead atoms. The predicted octanol–water partition coefficient (Wildman–Crippen LogP) is 4.22. The number of carbonyl (C=O) groups is 1. The first kappa shape index (κ1) is 18.7. The molecule has 0 fully saturated rings. The van der Waals surface area contributed by atoms with Crippen LogP contribution in [0, 0.1) is 17.5 Å². The lowest BCUT2D eigenvalue weighted by atomic mass is 10.2. The van der Waals surface area contributed by atoms with Gasteiger partial charge in [0.05, 0.1) is 6.54 Å². The van der Waals surface area contributed by atoms with Gasteiger partial charge in [-0.25, -0.2) is 13.2 Å². The lowest BCUT2D eigenvalue weighted by Crippen LogP contribution is -2.29. The lowest BCUT2D eigenvalue weighted by Gasteiger charge is -2.11. The number of amides is 1. The van der Waals surface area contributed by atoms with Gasteiger partial charge >= 0.3 is 0 Å². The van der Waals surface area contributed by atoms with Crippen LogP contribution in [0.1, 0.15) is 15.9 Å². The Kier molecular flexibility index (Phi) is 5.32. The van der Waals surface area contributed by atoms with Gasteiger partial charge in [0, 0.05) is 28.5 Å². The number of hydrogen-bond acceptors (Lipinski definition) is 2. The zero-order valence-corrected chi connectivity index (χ0v) is 14.4. The molecule has 0 saturated heterocycles. The van der Waals surface area contributed by atoms with E-state index >= 15 is 0 Å². The van der Waals surface area contributed by atoms with Gasteiger partial charge in [-0.1, -0.05) is 17.7 Å². The van der Waals surface area contributed by atoms with Crippen molar-refractivity contribution in [1.29, 1.82) is 0 Å². The number of benzene rings is 2. The summed E-state index contributed by atoms with van der Waals surface area (Å²) in [7, 11) is 0. The van der Waals surface area contributed by atoms with Gasteiger partial charge in [0.25, 0.3) is 11.5 Å². The van der Waals surface area contributed by atoms with Crippen LogP contribution in [0.5, 0.6) is 0 Å². The molecule has 0 atom stereocenters. The standard InChI is InChI=1S/C19H12ClF3N2O2/c20-14-4-1-5-15(21)13(14)10-25-8-2-3-12(19(25)27)18(26)24-11-6-7-16(22)17(23)9-11/h1-9H,10H2,(H,24,26). The second-order valence-corrected chi connectivity index (χ2v) is 6.05. The van der Waals surface area contributed by atoms with E-state index in [1.54, 1.807) is 0 Å². The molecule has 0 aliphatic rings. The Bertz CT molecular complexity index is 1060. The van der Waals surface area contributed by atoms with Crippen LogP contribution in [0.3, 0.4) is 0 Å². The van der Waals surface area contributed by atoms with Crippen LogP contribution in [0.25, 0.3) is 0 Å². The highest BCUT2D eigenvalue weighted by Gasteiger charge is 2.15. The molecule has 1 aromatic heterocycles. The minimum absolute atomic E-state index is 0.00847. The minimum atomic E-state index is -1.13. The van der Waals surface area contributed by atoms with Crippen molar-refractivity contribution in [3.63, 3.8) is 0 Å². The maximum Gasteiger partial charge on any atom is 0.263 e. The Balaban J connectivity index is 1.89. The van der Waals surface area contributed by atoms with Gasteiger partial charge in [0.15, 0.2) is 11.6 Å². The molecular formula is C19H12ClF3N2O2. The van der Waals surface area contributed by atoms with Crippen LogP contribution < -0.4 is 10.9 Å². The second kappa shape index (κ2) is 7.67. The maximum absolute atomic E-state index is 13.9. The number of pyridine rings is 1. The zero-order chi connectivity index (χ0) is 19.6. The van der Waals surface area contributed by atoms with Crippen molar-refractivity contribution in [1.82, 2.24) is 4.57 Å². The van der Waals surface area contributed by atoms with Gasteiger partial charge in [-0.05, 0) is 36.4 Å². The largest absolute Gasteiger partial charge is 0.322 e. The molecule has 0 unspecified atom stereocenters. The number of nitrogens with zero attached hydrogens (tertiary/aromatic N) is 1. The van der Waals surface area contributed by atoms with Crippen molar-refractivity contribution < 1.29 is 18.0 Å². The fraction of sp³-hybridized carbons (Fsp3) is 0.0526. The lowest BCUT2D eigenvalue weighted by molar-refractivity contribution is 0.102. The summed E-state index contributed by atoms with van der Waals surface area (Å²) in [6.45, 7) is -0.170. The molecule has 0 spiro atoms. The summed E-state index contributed by atoms with van der Waals surface area (Å²) in [6, 6.07) is 9.68. The van der Waals surface area contributed by atoms with Crippen LogP contribution in [0.4, 0.5) is 18.9 Å². The molecule has 3 rings (SSSR count). The number of halogens is 4. The molecule has 1 N–H and O–H groups in total. The number of anilines is 1. The molecule has 0 aliphatic carbocycles. The first-order valence-electron chi connectivity index (χ1n) is 7.75. The van der Waals surface area contributed by atoms with Gasteiger partial charge in [-0.15, -0.1) is 0 Å². The summed E-state index contributed by atoms with van der Waals surface area (Å²) in [4.78, 5) is 24.9. The molecule has 8 heteroatoms. The van der Waals surface area contributed by atoms with Crippen molar-refractivity contribution in [2.75, 3.05) is 5.32 Å². The van der Waals surface area contributed by atoms with E-state index in [2.05, 4.69) is 5.32 Å². The fourth-order valence-corrected chi connectivity index (χ4v) is 2.68. The third-order valence-corrected chi connectivity index (χ3v) is 4.19. The summed E-state index contributed by atoms with van der Waals surface area (Å²) in [5.74, 6) is -3.57. The zero-order valence-electron chi connectivity index (χ0n) is 13.7. The van der Waals surface area contributed by atoms with Gasteiger partial charge < -0.3 is 9.88 Å². The fourth-order valence-electron chi connectivity index (χ4n) is 2.46. The first-order chi connectivity index (χ1) is 12.9. The normalized spacial score (nSPS) is 10.7. The van der Waals surface area contributed by atoms with E-state index in [0.29, 0.717) is 0 Å². The third kappa shape index (κ3) is 4.03. The predicted molar refractivity (Wildman–Crippen MR) is 95.5 cm³/mol. The van der Waals surface area contributed by atoms with E-state index in [1.807, 2.05) is 0 Å². The number of nitrogens with one attached hydrogen (secondary N) is 1. The summed E-state index contributed by atoms with van der Waals surface area (Å²) in [5, 5.41) is 2.47. The van der Waals surface area contributed by atoms with Crippen molar-refractivity contribution in [3.05, 3.63) is 98.7 Å². The number of aromatic nitrogens is 1.